The molecule has 3 N–H and O–H groups in total. The smallest absolute Gasteiger partial charge is 0.357 e. The van der Waals surface area contributed by atoms with Crippen LogP contribution in [0, 0.1) is 11.3 Å². The van der Waals surface area contributed by atoms with Crippen LogP contribution in [-0.2, 0) is 4.74 Å². The molecule has 0 unspecified atom stereocenters. The zero-order valence-electron chi connectivity index (χ0n) is 10.7. The number of halogens is 2. The van der Waals surface area contributed by atoms with Gasteiger partial charge in [-0.15, -0.1) is 0 Å². The molecule has 0 fully saturated rings. The Morgan fingerprint density at radius 3 is 2.48 bits per heavy atom. The number of carbonyl (C=O) groups excluding carboxylic acids is 1. The number of nitriles is 1. The zero-order chi connectivity index (χ0) is 15.7. The molecule has 0 atom stereocenters. The Morgan fingerprint density at radius 2 is 2.00 bits per heavy atom. The molecule has 0 aliphatic carbocycles. The van der Waals surface area contributed by atoms with Gasteiger partial charge in [0.1, 0.15) is 6.07 Å². The highest BCUT2D eigenvalue weighted by Gasteiger charge is 2.22. The first-order valence-electron chi connectivity index (χ1n) is 5.58. The van der Waals surface area contributed by atoms with Gasteiger partial charge >= 0.3 is 5.97 Å². The van der Waals surface area contributed by atoms with E-state index in [1.807, 2.05) is 6.07 Å². The fraction of sp³-hybridized carbons (Fsp3) is 0.0769. The largest absolute Gasteiger partial charge is 0.505 e. The van der Waals surface area contributed by atoms with Crippen LogP contribution in [0.15, 0.2) is 18.3 Å². The Kier molecular flexibility index (Phi) is 3.98. The molecule has 0 amide bonds. The Morgan fingerprint density at radius 1 is 1.43 bits per heavy atom. The molecule has 1 aromatic carbocycles. The van der Waals surface area contributed by atoms with Gasteiger partial charge in [0.2, 0.25) is 0 Å². The van der Waals surface area contributed by atoms with Crippen molar-refractivity contribution in [3.63, 3.8) is 0 Å². The quantitative estimate of drug-likeness (QED) is 0.826. The lowest BCUT2D eigenvalue weighted by atomic mass is 10.2. The van der Waals surface area contributed by atoms with Crippen LogP contribution in [0.25, 0.3) is 5.69 Å². The Labute approximate surface area is 129 Å². The molecule has 8 heteroatoms. The fourth-order valence-corrected chi connectivity index (χ4v) is 2.28. The van der Waals surface area contributed by atoms with Gasteiger partial charge in [0.25, 0.3) is 0 Å². The van der Waals surface area contributed by atoms with Crippen molar-refractivity contribution in [3.8, 4) is 17.5 Å². The molecule has 0 saturated heterocycles. The molecule has 2 aromatic rings. The summed E-state index contributed by atoms with van der Waals surface area (Å²) in [6, 6.07) is 4.65. The molecule has 1 aromatic heterocycles. The first kappa shape index (κ1) is 15.0. The number of nitrogens with zero attached hydrogens (tertiary/aromatic N) is 2. The lowest BCUT2D eigenvalue weighted by molar-refractivity contribution is 0.0593. The number of aromatic nitrogens is 1. The van der Waals surface area contributed by atoms with Crippen molar-refractivity contribution in [2.24, 2.45) is 0 Å². The van der Waals surface area contributed by atoms with E-state index in [0.29, 0.717) is 5.69 Å². The number of phenolic OH excluding ortho intramolecular Hbond substituents is 1. The van der Waals surface area contributed by atoms with Crippen molar-refractivity contribution in [1.82, 2.24) is 4.57 Å². The van der Waals surface area contributed by atoms with Crippen molar-refractivity contribution in [2.75, 3.05) is 12.8 Å². The number of esters is 1. The number of carbonyl (C=O) groups is 1. The highest BCUT2D eigenvalue weighted by Crippen LogP contribution is 2.35. The van der Waals surface area contributed by atoms with Gasteiger partial charge in [-0.05, 0) is 12.1 Å². The Bertz CT molecular complexity index is 755. The molecule has 0 spiro atoms. The lowest BCUT2D eigenvalue weighted by Gasteiger charge is -2.10. The third kappa shape index (κ3) is 2.49. The first-order valence-corrected chi connectivity index (χ1v) is 6.34. The predicted octanol–water partition coefficient (Wildman–Crippen LogP) is 2.73. The topological polar surface area (TPSA) is 101 Å². The van der Waals surface area contributed by atoms with Gasteiger partial charge in [-0.25, -0.2) is 4.79 Å². The number of rotatable bonds is 2. The number of nitrogen functional groups attached to an aromatic ring is 1. The monoisotopic (exact) mass is 325 g/mol. The summed E-state index contributed by atoms with van der Waals surface area (Å²) in [6.07, 6.45) is 1.36. The number of benzene rings is 1. The van der Waals surface area contributed by atoms with E-state index in [2.05, 4.69) is 4.74 Å². The number of nitrogens with two attached hydrogens (primary N) is 1. The van der Waals surface area contributed by atoms with Gasteiger partial charge in [0.05, 0.1) is 28.4 Å². The number of aromatic hydroxyl groups is 1. The predicted molar refractivity (Wildman–Crippen MR) is 77.9 cm³/mol. The van der Waals surface area contributed by atoms with Crippen molar-refractivity contribution in [2.45, 2.75) is 0 Å². The van der Waals surface area contributed by atoms with E-state index in [0.717, 1.165) is 0 Å². The molecule has 21 heavy (non-hydrogen) atoms. The third-order valence-corrected chi connectivity index (χ3v) is 3.40. The maximum absolute atomic E-state index is 11.8. The Balaban J connectivity index is 2.75. The molecular formula is C13H9Cl2N3O3. The summed E-state index contributed by atoms with van der Waals surface area (Å²) in [4.78, 5) is 11.8. The van der Waals surface area contributed by atoms with Crippen molar-refractivity contribution in [1.29, 1.82) is 5.26 Å². The van der Waals surface area contributed by atoms with Crippen LogP contribution in [0.5, 0.6) is 5.75 Å². The average Bonchev–Trinajstić information content (AvgIpc) is 2.80. The van der Waals surface area contributed by atoms with Crippen LogP contribution in [-0.4, -0.2) is 22.8 Å². The molecule has 2 rings (SSSR count). The van der Waals surface area contributed by atoms with Crippen molar-refractivity contribution in [3.05, 3.63) is 39.6 Å². The number of ether oxygens (including phenoxy) is 1. The van der Waals surface area contributed by atoms with Gasteiger partial charge in [0.15, 0.2) is 11.4 Å². The van der Waals surface area contributed by atoms with Crippen LogP contribution in [0.1, 0.15) is 16.1 Å². The summed E-state index contributed by atoms with van der Waals surface area (Å²) in [5.74, 6) is -0.989. The van der Waals surface area contributed by atoms with Crippen LogP contribution in [0.4, 0.5) is 5.69 Å². The van der Waals surface area contributed by atoms with Crippen molar-refractivity contribution < 1.29 is 14.6 Å². The lowest BCUT2D eigenvalue weighted by Crippen LogP contribution is -2.11. The van der Waals surface area contributed by atoms with Crippen LogP contribution < -0.4 is 5.73 Å². The highest BCUT2D eigenvalue weighted by molar-refractivity contribution is 6.37. The minimum Gasteiger partial charge on any atom is -0.505 e. The summed E-state index contributed by atoms with van der Waals surface area (Å²) in [7, 11) is 1.20. The van der Waals surface area contributed by atoms with Gasteiger partial charge < -0.3 is 20.1 Å². The minimum absolute atomic E-state index is 0.000838. The molecule has 0 aliphatic heterocycles. The molecule has 0 saturated carbocycles. The maximum atomic E-state index is 11.8. The van der Waals surface area contributed by atoms with E-state index < -0.39 is 5.97 Å². The second-order valence-corrected chi connectivity index (χ2v) is 4.85. The van der Waals surface area contributed by atoms with Gasteiger partial charge in [0, 0.05) is 11.9 Å². The average molecular weight is 326 g/mol. The molecule has 6 nitrogen and oxygen atoms in total. The number of hydrogen-bond donors (Lipinski definition) is 2. The molecular weight excluding hydrogens is 317 g/mol. The molecule has 0 bridgehead atoms. The van der Waals surface area contributed by atoms with Crippen molar-refractivity contribution >= 4 is 34.9 Å². The van der Waals surface area contributed by atoms with Crippen LogP contribution >= 0.6 is 23.2 Å². The standard InChI is InChI=1S/C13H9Cl2N3O3/c1-21-13(20)11-10(17)6(4-16)5-18(11)7-2-8(14)12(19)9(15)3-7/h2-3,5,19H,17H2,1H3. The minimum atomic E-state index is -0.714. The maximum Gasteiger partial charge on any atom is 0.357 e. The molecule has 0 aliphatic rings. The van der Waals surface area contributed by atoms with Gasteiger partial charge in [-0.2, -0.15) is 5.26 Å². The second-order valence-electron chi connectivity index (χ2n) is 4.04. The summed E-state index contributed by atoms with van der Waals surface area (Å²) < 4.78 is 5.99. The third-order valence-electron chi connectivity index (χ3n) is 2.82. The van der Waals surface area contributed by atoms with E-state index in [4.69, 9.17) is 34.2 Å². The second kappa shape index (κ2) is 5.56. The fourth-order valence-electron chi connectivity index (χ4n) is 1.81. The normalized spacial score (nSPS) is 10.2. The number of phenols is 1. The van der Waals surface area contributed by atoms with Gasteiger partial charge in [-0.3, -0.25) is 0 Å². The first-order chi connectivity index (χ1) is 9.90. The van der Waals surface area contributed by atoms with E-state index in [1.165, 1.54) is 30.0 Å². The van der Waals surface area contributed by atoms with Gasteiger partial charge in [-0.1, -0.05) is 23.2 Å². The summed E-state index contributed by atoms with van der Waals surface area (Å²) >= 11 is 11.7. The van der Waals surface area contributed by atoms with E-state index in [9.17, 15) is 9.90 Å². The molecule has 108 valence electrons. The molecule has 0 radical (unpaired) electrons. The van der Waals surface area contributed by atoms with Crippen LogP contribution in [0.2, 0.25) is 10.0 Å². The summed E-state index contributed by atoms with van der Waals surface area (Å²) in [5, 5.41) is 18.6. The summed E-state index contributed by atoms with van der Waals surface area (Å²) in [6.45, 7) is 0. The Hall–Kier alpha value is -2.36. The number of hydrogen-bond acceptors (Lipinski definition) is 5. The highest BCUT2D eigenvalue weighted by atomic mass is 35.5. The molecule has 1 heterocycles. The SMILES string of the molecule is COC(=O)c1c(N)c(C#N)cn1-c1cc(Cl)c(O)c(Cl)c1. The van der Waals surface area contributed by atoms with Crippen LogP contribution in [0.3, 0.4) is 0 Å². The number of anilines is 1. The number of methoxy groups -OCH3 is 1. The van der Waals surface area contributed by atoms with E-state index in [1.54, 1.807) is 0 Å². The van der Waals surface area contributed by atoms with E-state index in [-0.39, 0.29) is 32.7 Å². The van der Waals surface area contributed by atoms with E-state index >= 15 is 0 Å². The summed E-state index contributed by atoms with van der Waals surface area (Å²) in [5.41, 5.74) is 6.21. The zero-order valence-corrected chi connectivity index (χ0v) is 12.2.